The van der Waals surface area contributed by atoms with Gasteiger partial charge >= 0.3 is 0 Å². The molecule has 1 aliphatic carbocycles. The molecule has 12 heavy (non-hydrogen) atoms. The molecule has 0 spiro atoms. The highest BCUT2D eigenvalue weighted by Crippen LogP contribution is 2.32. The van der Waals surface area contributed by atoms with Crippen LogP contribution >= 0.6 is 0 Å². The fourth-order valence-corrected chi connectivity index (χ4v) is 2.03. The fourth-order valence-electron chi connectivity index (χ4n) is 2.03. The average Bonchev–Trinajstić information content (AvgIpc) is 2.18. The van der Waals surface area contributed by atoms with E-state index >= 15 is 0 Å². The quantitative estimate of drug-likeness (QED) is 0.642. The molecule has 0 heterocycles. The van der Waals surface area contributed by atoms with Crippen molar-refractivity contribution < 1.29 is 5.11 Å². The molecule has 0 aromatic carbocycles. The summed E-state index contributed by atoms with van der Waals surface area (Å²) in [4.78, 5) is 0. The van der Waals surface area contributed by atoms with Crippen molar-refractivity contribution in [1.82, 2.24) is 0 Å². The summed E-state index contributed by atoms with van der Waals surface area (Å²) in [6.45, 7) is 4.15. The summed E-state index contributed by atoms with van der Waals surface area (Å²) in [5.41, 5.74) is -0.434. The van der Waals surface area contributed by atoms with Gasteiger partial charge in [0.25, 0.3) is 0 Å². The smallest absolute Gasteiger partial charge is 0.0704 e. The average molecular weight is 168 g/mol. The lowest BCUT2D eigenvalue weighted by molar-refractivity contribution is -0.0128. The first kappa shape index (κ1) is 9.79. The van der Waals surface area contributed by atoms with Gasteiger partial charge in [0.1, 0.15) is 0 Å². The molecule has 0 radical (unpaired) electrons. The summed E-state index contributed by atoms with van der Waals surface area (Å²) >= 11 is 0. The van der Waals surface area contributed by atoms with Crippen LogP contribution < -0.4 is 0 Å². The standard InChI is InChI=1S/C11H20O/c1-3-11(12,4-2)10-8-6-5-7-9-10/h6,8,10,12H,3-5,7,9H2,1-2H3. The molecule has 1 aliphatic rings. The molecule has 0 bridgehead atoms. The van der Waals surface area contributed by atoms with Gasteiger partial charge in [-0.3, -0.25) is 0 Å². The van der Waals surface area contributed by atoms with Crippen molar-refractivity contribution >= 4 is 0 Å². The molecule has 70 valence electrons. The molecule has 1 unspecified atom stereocenters. The number of rotatable bonds is 3. The van der Waals surface area contributed by atoms with Crippen molar-refractivity contribution in [2.24, 2.45) is 5.92 Å². The molecule has 0 fully saturated rings. The molecule has 0 aliphatic heterocycles. The maximum Gasteiger partial charge on any atom is 0.0704 e. The molecule has 0 saturated heterocycles. The van der Waals surface area contributed by atoms with Crippen molar-refractivity contribution in [2.45, 2.75) is 51.6 Å². The minimum atomic E-state index is -0.434. The Hall–Kier alpha value is -0.300. The first-order valence-corrected chi connectivity index (χ1v) is 5.12. The van der Waals surface area contributed by atoms with Gasteiger partial charge in [0.15, 0.2) is 0 Å². The van der Waals surface area contributed by atoms with E-state index in [2.05, 4.69) is 26.0 Å². The third kappa shape index (κ3) is 1.89. The van der Waals surface area contributed by atoms with Crippen molar-refractivity contribution in [3.05, 3.63) is 12.2 Å². The summed E-state index contributed by atoms with van der Waals surface area (Å²) in [6.07, 6.45) is 9.76. The molecule has 0 amide bonds. The van der Waals surface area contributed by atoms with Gasteiger partial charge in [0, 0.05) is 5.92 Å². The lowest BCUT2D eigenvalue weighted by Gasteiger charge is -2.34. The minimum Gasteiger partial charge on any atom is -0.389 e. The van der Waals surface area contributed by atoms with Crippen LogP contribution in [-0.2, 0) is 0 Å². The third-order valence-electron chi connectivity index (χ3n) is 3.17. The van der Waals surface area contributed by atoms with Crippen LogP contribution in [0.2, 0.25) is 0 Å². The van der Waals surface area contributed by atoms with Crippen LogP contribution in [0.5, 0.6) is 0 Å². The van der Waals surface area contributed by atoms with Crippen LogP contribution in [0.25, 0.3) is 0 Å². The van der Waals surface area contributed by atoms with Gasteiger partial charge in [-0.1, -0.05) is 26.0 Å². The molecule has 1 heteroatoms. The minimum absolute atomic E-state index is 0.404. The van der Waals surface area contributed by atoms with Crippen molar-refractivity contribution in [3.63, 3.8) is 0 Å². The van der Waals surface area contributed by atoms with E-state index in [9.17, 15) is 5.11 Å². The van der Waals surface area contributed by atoms with E-state index in [1.165, 1.54) is 12.8 Å². The molecule has 0 aromatic rings. The van der Waals surface area contributed by atoms with Crippen LogP contribution in [0.3, 0.4) is 0 Å². The predicted molar refractivity (Wildman–Crippen MR) is 52.0 cm³/mol. The molecular weight excluding hydrogens is 148 g/mol. The zero-order valence-electron chi connectivity index (χ0n) is 8.21. The van der Waals surface area contributed by atoms with E-state index in [0.29, 0.717) is 5.92 Å². The summed E-state index contributed by atoms with van der Waals surface area (Å²) in [5, 5.41) is 10.2. The zero-order valence-corrected chi connectivity index (χ0v) is 8.21. The molecule has 1 atom stereocenters. The maximum absolute atomic E-state index is 10.2. The highest BCUT2D eigenvalue weighted by atomic mass is 16.3. The van der Waals surface area contributed by atoms with E-state index < -0.39 is 5.60 Å². The Bertz CT molecular complexity index is 156. The second kappa shape index (κ2) is 4.08. The monoisotopic (exact) mass is 168 g/mol. The predicted octanol–water partition coefficient (Wildman–Crippen LogP) is 2.89. The van der Waals surface area contributed by atoms with E-state index in [4.69, 9.17) is 0 Å². The molecule has 1 nitrogen and oxygen atoms in total. The molecular formula is C11H20O. The highest BCUT2D eigenvalue weighted by molar-refractivity contribution is 5.01. The molecule has 0 aromatic heterocycles. The van der Waals surface area contributed by atoms with E-state index in [0.717, 1.165) is 19.3 Å². The Morgan fingerprint density at radius 3 is 2.50 bits per heavy atom. The summed E-state index contributed by atoms with van der Waals surface area (Å²) in [5.74, 6) is 0.404. The normalized spacial score (nSPS) is 24.4. The van der Waals surface area contributed by atoms with Crippen molar-refractivity contribution in [2.75, 3.05) is 0 Å². The van der Waals surface area contributed by atoms with Crippen molar-refractivity contribution in [1.29, 1.82) is 0 Å². The van der Waals surface area contributed by atoms with Crippen LogP contribution in [0, 0.1) is 5.92 Å². The van der Waals surface area contributed by atoms with Crippen LogP contribution in [0.15, 0.2) is 12.2 Å². The van der Waals surface area contributed by atoms with Gasteiger partial charge in [-0.05, 0) is 32.1 Å². The molecule has 0 saturated carbocycles. The van der Waals surface area contributed by atoms with Gasteiger partial charge in [0.2, 0.25) is 0 Å². The zero-order chi connectivity index (χ0) is 9.03. The van der Waals surface area contributed by atoms with Gasteiger partial charge in [-0.2, -0.15) is 0 Å². The lowest BCUT2D eigenvalue weighted by Crippen LogP contribution is -2.36. The summed E-state index contributed by atoms with van der Waals surface area (Å²) in [7, 11) is 0. The van der Waals surface area contributed by atoms with Gasteiger partial charge < -0.3 is 5.11 Å². The Morgan fingerprint density at radius 2 is 2.08 bits per heavy atom. The van der Waals surface area contributed by atoms with E-state index in [1.807, 2.05) is 0 Å². The second-order valence-electron chi connectivity index (χ2n) is 3.78. The first-order valence-electron chi connectivity index (χ1n) is 5.12. The summed E-state index contributed by atoms with van der Waals surface area (Å²) < 4.78 is 0. The van der Waals surface area contributed by atoms with Crippen LogP contribution in [-0.4, -0.2) is 10.7 Å². The topological polar surface area (TPSA) is 20.2 Å². The highest BCUT2D eigenvalue weighted by Gasteiger charge is 2.31. The molecule has 1 N–H and O–H groups in total. The van der Waals surface area contributed by atoms with Crippen LogP contribution in [0.4, 0.5) is 0 Å². The lowest BCUT2D eigenvalue weighted by atomic mass is 9.78. The van der Waals surface area contributed by atoms with Gasteiger partial charge in [0.05, 0.1) is 5.60 Å². The van der Waals surface area contributed by atoms with Crippen molar-refractivity contribution in [3.8, 4) is 0 Å². The number of hydrogen-bond donors (Lipinski definition) is 1. The van der Waals surface area contributed by atoms with Crippen LogP contribution in [0.1, 0.15) is 46.0 Å². The van der Waals surface area contributed by atoms with Gasteiger partial charge in [-0.25, -0.2) is 0 Å². The summed E-state index contributed by atoms with van der Waals surface area (Å²) in [6, 6.07) is 0. The van der Waals surface area contributed by atoms with Gasteiger partial charge in [-0.15, -0.1) is 0 Å². The Kier molecular flexibility index (Phi) is 3.33. The first-order chi connectivity index (χ1) is 5.73. The second-order valence-corrected chi connectivity index (χ2v) is 3.78. The number of hydrogen-bond acceptors (Lipinski definition) is 1. The Morgan fingerprint density at radius 1 is 1.42 bits per heavy atom. The maximum atomic E-state index is 10.2. The Balaban J connectivity index is 2.64. The van der Waals surface area contributed by atoms with E-state index in [1.54, 1.807) is 0 Å². The number of allylic oxidation sites excluding steroid dienone is 1. The Labute approximate surface area is 75.5 Å². The molecule has 1 rings (SSSR count). The SMILES string of the molecule is CCC(O)(CC)C1C=CCCC1. The third-order valence-corrected chi connectivity index (χ3v) is 3.17. The number of aliphatic hydroxyl groups is 1. The fraction of sp³-hybridized carbons (Fsp3) is 0.818. The van der Waals surface area contributed by atoms with E-state index in [-0.39, 0.29) is 0 Å². The largest absolute Gasteiger partial charge is 0.389 e.